The van der Waals surface area contributed by atoms with Gasteiger partial charge in [-0.15, -0.1) is 0 Å². The van der Waals surface area contributed by atoms with Crippen LogP contribution in [0.15, 0.2) is 35.5 Å². The first-order valence-electron chi connectivity index (χ1n) is 13.0. The lowest BCUT2D eigenvalue weighted by Crippen LogP contribution is -2.57. The van der Waals surface area contributed by atoms with Crippen LogP contribution in [0.1, 0.15) is 37.6 Å². The van der Waals surface area contributed by atoms with Crippen LogP contribution in [0.2, 0.25) is 0 Å². The third-order valence-corrected chi connectivity index (χ3v) is 7.38. The molecular weight excluding hydrogens is 536 g/mol. The zero-order valence-electron chi connectivity index (χ0n) is 23.2. The van der Waals surface area contributed by atoms with Gasteiger partial charge < -0.3 is 24.1 Å². The smallest absolute Gasteiger partial charge is 0.410 e. The maximum Gasteiger partial charge on any atom is 0.410 e. The van der Waals surface area contributed by atoms with Gasteiger partial charge in [-0.05, 0) is 32.8 Å². The first-order valence-corrected chi connectivity index (χ1v) is 14.9. The van der Waals surface area contributed by atoms with Gasteiger partial charge in [0.1, 0.15) is 24.1 Å². The molecule has 0 aliphatic carbocycles. The van der Waals surface area contributed by atoms with Gasteiger partial charge in [0.25, 0.3) is 0 Å². The number of ether oxygens (including phenoxy) is 2. The monoisotopic (exact) mass is 570 g/mol. The van der Waals surface area contributed by atoms with Crippen LogP contribution in [0.5, 0.6) is 0 Å². The second-order valence-corrected chi connectivity index (χ2v) is 12.8. The molecule has 4 rings (SSSR count). The van der Waals surface area contributed by atoms with E-state index in [1.165, 1.54) is 4.90 Å². The molecule has 1 aromatic heterocycles. The highest BCUT2D eigenvalue weighted by atomic mass is 32.2. The van der Waals surface area contributed by atoms with E-state index < -0.39 is 33.7 Å². The number of piperazine rings is 1. The van der Waals surface area contributed by atoms with Gasteiger partial charge in [-0.25, -0.2) is 34.5 Å². The molecule has 0 N–H and O–H groups in total. The van der Waals surface area contributed by atoms with Gasteiger partial charge in [-0.2, -0.15) is 0 Å². The molecule has 2 aliphatic rings. The van der Waals surface area contributed by atoms with E-state index in [-0.39, 0.29) is 37.9 Å². The van der Waals surface area contributed by atoms with E-state index in [9.17, 15) is 18.0 Å². The molecule has 1 saturated heterocycles. The van der Waals surface area contributed by atoms with Gasteiger partial charge in [-0.3, -0.25) is 4.90 Å². The zero-order valence-corrected chi connectivity index (χ0v) is 24.0. The van der Waals surface area contributed by atoms with Crippen molar-refractivity contribution in [1.82, 2.24) is 19.8 Å². The summed E-state index contributed by atoms with van der Waals surface area (Å²) in [5.74, 6) is 0.446. The van der Waals surface area contributed by atoms with E-state index in [1.807, 2.05) is 35.2 Å². The number of hydrogen-bond acceptors (Lipinski definition) is 9. The van der Waals surface area contributed by atoms with Crippen molar-refractivity contribution in [3.8, 4) is 0 Å². The minimum atomic E-state index is -3.76. The van der Waals surface area contributed by atoms with E-state index in [1.54, 1.807) is 25.7 Å². The number of sulfone groups is 1. The molecular formula is C27H34N6O6S. The van der Waals surface area contributed by atoms with Gasteiger partial charge in [-0.1, -0.05) is 30.3 Å². The summed E-state index contributed by atoms with van der Waals surface area (Å²) in [7, 11) is -3.76. The molecule has 3 heterocycles. The van der Waals surface area contributed by atoms with E-state index in [4.69, 9.17) is 16.0 Å². The molecule has 2 amide bonds. The minimum absolute atomic E-state index is 0.0512. The lowest BCUT2D eigenvalue weighted by molar-refractivity contribution is 0.0220. The van der Waals surface area contributed by atoms with Crippen LogP contribution in [0.25, 0.3) is 4.85 Å². The van der Waals surface area contributed by atoms with Crippen LogP contribution < -0.4 is 4.90 Å². The molecule has 214 valence electrons. The summed E-state index contributed by atoms with van der Waals surface area (Å²) in [6.45, 7) is 14.3. The fourth-order valence-electron chi connectivity index (χ4n) is 4.65. The van der Waals surface area contributed by atoms with E-state index in [0.29, 0.717) is 31.0 Å². The van der Waals surface area contributed by atoms with Gasteiger partial charge in [0, 0.05) is 38.0 Å². The Morgan fingerprint density at radius 1 is 1.10 bits per heavy atom. The number of hydrogen-bond donors (Lipinski definition) is 0. The molecule has 1 aromatic carbocycles. The standard InChI is InChI=1S/C27H34N6O6S/c1-27(2,3)39-25(34)32-12-11-21-22(17-32)29-24(40(5,36)37)30-23(21)31-13-14-33(20(16-31)15-28-4)26(35)38-18-19-9-7-6-8-10-19/h6-10,20H,11-18H2,1-3,5H3/t20-/m0/s1. The van der Waals surface area contributed by atoms with Gasteiger partial charge in [0.15, 0.2) is 0 Å². The first-order chi connectivity index (χ1) is 18.9. The molecule has 2 aliphatic heterocycles. The third-order valence-electron chi connectivity index (χ3n) is 6.53. The number of benzene rings is 1. The van der Waals surface area contributed by atoms with Crippen molar-refractivity contribution in [2.45, 2.75) is 57.1 Å². The van der Waals surface area contributed by atoms with Crippen LogP contribution >= 0.6 is 0 Å². The van der Waals surface area contributed by atoms with Crippen LogP contribution in [-0.4, -0.2) is 91.0 Å². The fourth-order valence-corrected chi connectivity index (χ4v) is 5.18. The lowest BCUT2D eigenvalue weighted by atomic mass is 10.0. The molecule has 0 unspecified atom stereocenters. The molecule has 0 spiro atoms. The average Bonchev–Trinajstić information content (AvgIpc) is 2.90. The minimum Gasteiger partial charge on any atom is -0.445 e. The van der Waals surface area contributed by atoms with Crippen molar-refractivity contribution in [3.05, 3.63) is 58.6 Å². The molecule has 12 nitrogen and oxygen atoms in total. The Kier molecular flexibility index (Phi) is 8.48. The molecule has 1 atom stereocenters. The highest BCUT2D eigenvalue weighted by Crippen LogP contribution is 2.30. The van der Waals surface area contributed by atoms with Crippen molar-refractivity contribution >= 4 is 27.8 Å². The van der Waals surface area contributed by atoms with Crippen molar-refractivity contribution in [2.24, 2.45) is 0 Å². The Bertz CT molecular complexity index is 1400. The quantitative estimate of drug-likeness (QED) is 0.394. The highest BCUT2D eigenvalue weighted by Gasteiger charge is 2.37. The molecule has 1 fully saturated rings. The summed E-state index contributed by atoms with van der Waals surface area (Å²) in [4.78, 5) is 42.9. The Hall–Kier alpha value is -3.92. The predicted octanol–water partition coefficient (Wildman–Crippen LogP) is 2.92. The molecule has 0 bridgehead atoms. The molecule has 0 radical (unpaired) electrons. The fraction of sp³-hybridized carbons (Fsp3) is 0.519. The van der Waals surface area contributed by atoms with E-state index >= 15 is 0 Å². The summed E-state index contributed by atoms with van der Waals surface area (Å²) >= 11 is 0. The van der Waals surface area contributed by atoms with Crippen molar-refractivity contribution in [1.29, 1.82) is 0 Å². The number of carbonyl (C=O) groups is 2. The Morgan fingerprint density at radius 3 is 2.48 bits per heavy atom. The maximum atomic E-state index is 12.9. The second kappa shape index (κ2) is 11.7. The molecule has 0 saturated carbocycles. The number of fused-ring (bicyclic) bond motifs is 1. The number of rotatable bonds is 5. The summed E-state index contributed by atoms with van der Waals surface area (Å²) in [6, 6.07) is 8.86. The molecule has 40 heavy (non-hydrogen) atoms. The van der Waals surface area contributed by atoms with Crippen molar-refractivity contribution in [2.75, 3.05) is 43.9 Å². The summed E-state index contributed by atoms with van der Waals surface area (Å²) in [5, 5.41) is -0.335. The SMILES string of the molecule is [C-]#[N+]C[C@H]1CN(c2nc(S(C)(=O)=O)nc3c2CCN(C(=O)OC(C)(C)C)C3)CCN1C(=O)OCc1ccccc1. The normalized spacial score (nSPS) is 17.6. The Balaban J connectivity index is 1.57. The van der Waals surface area contributed by atoms with Crippen LogP contribution in [-0.2, 0) is 38.9 Å². The second-order valence-electron chi connectivity index (χ2n) is 10.9. The van der Waals surface area contributed by atoms with Gasteiger partial charge >= 0.3 is 12.2 Å². The summed E-state index contributed by atoms with van der Waals surface area (Å²) in [5.41, 5.74) is 1.37. The van der Waals surface area contributed by atoms with Crippen molar-refractivity contribution in [3.63, 3.8) is 0 Å². The maximum absolute atomic E-state index is 12.9. The zero-order chi connectivity index (χ0) is 29.1. The largest absolute Gasteiger partial charge is 0.445 e. The lowest BCUT2D eigenvalue weighted by Gasteiger charge is -2.40. The van der Waals surface area contributed by atoms with Gasteiger partial charge in [0.2, 0.25) is 21.5 Å². The molecule has 13 heteroatoms. The summed E-state index contributed by atoms with van der Waals surface area (Å²) < 4.78 is 36.0. The van der Waals surface area contributed by atoms with Crippen LogP contribution in [0, 0.1) is 6.57 Å². The topological polar surface area (TPSA) is 127 Å². The predicted molar refractivity (Wildman–Crippen MR) is 146 cm³/mol. The molecule has 2 aromatic rings. The number of amides is 2. The average molecular weight is 571 g/mol. The first kappa shape index (κ1) is 29.1. The number of carbonyl (C=O) groups excluding carboxylic acids is 2. The van der Waals surface area contributed by atoms with Crippen LogP contribution in [0.3, 0.4) is 0 Å². The number of anilines is 1. The third kappa shape index (κ3) is 6.98. The number of nitrogens with zero attached hydrogens (tertiary/aromatic N) is 6. The van der Waals surface area contributed by atoms with Crippen molar-refractivity contribution < 1.29 is 27.5 Å². The van der Waals surface area contributed by atoms with Gasteiger partial charge in [0.05, 0.1) is 12.2 Å². The van der Waals surface area contributed by atoms with E-state index in [2.05, 4.69) is 14.8 Å². The van der Waals surface area contributed by atoms with Crippen LogP contribution in [0.4, 0.5) is 15.4 Å². The summed E-state index contributed by atoms with van der Waals surface area (Å²) in [6.07, 6.45) is 0.432. The van der Waals surface area contributed by atoms with E-state index in [0.717, 1.165) is 17.4 Å². The highest BCUT2D eigenvalue weighted by molar-refractivity contribution is 7.90. The Morgan fingerprint density at radius 2 is 1.82 bits per heavy atom. The Labute approximate surface area is 234 Å². The number of aromatic nitrogens is 2.